The van der Waals surface area contributed by atoms with Gasteiger partial charge in [0.2, 0.25) is 0 Å². The smallest absolute Gasteiger partial charge is 0.443 e. The Balaban J connectivity index is 2.12. The zero-order valence-corrected chi connectivity index (χ0v) is 14.9. The van der Waals surface area contributed by atoms with Gasteiger partial charge in [-0.05, 0) is 52.2 Å². The van der Waals surface area contributed by atoms with E-state index in [2.05, 4.69) is 9.88 Å². The lowest BCUT2D eigenvalue weighted by Gasteiger charge is -2.29. The van der Waals surface area contributed by atoms with E-state index in [0.29, 0.717) is 5.65 Å². The molecule has 0 aliphatic carbocycles. The average molecular weight is 345 g/mol. The van der Waals surface area contributed by atoms with Gasteiger partial charge in [0.1, 0.15) is 5.60 Å². The number of nitrogens with zero attached hydrogens (tertiary/aromatic N) is 3. The van der Waals surface area contributed by atoms with Gasteiger partial charge in [-0.15, -0.1) is 0 Å². The zero-order chi connectivity index (χ0) is 18.2. The molecule has 134 valence electrons. The first kappa shape index (κ1) is 17.8. The summed E-state index contributed by atoms with van der Waals surface area (Å²) in [6, 6.07) is 3.52. The molecule has 25 heavy (non-hydrogen) atoms. The van der Waals surface area contributed by atoms with E-state index < -0.39 is 18.8 Å². The van der Waals surface area contributed by atoms with E-state index in [1.54, 1.807) is 33.0 Å². The molecule has 0 saturated carbocycles. The molecule has 0 spiro atoms. The molecular weight excluding hydrogens is 321 g/mol. The van der Waals surface area contributed by atoms with Crippen LogP contribution < -0.4 is 10.5 Å². The van der Waals surface area contributed by atoms with Gasteiger partial charge >= 0.3 is 13.2 Å². The first-order valence-electron chi connectivity index (χ1n) is 8.63. The fraction of sp³-hybridized carbons (Fsp3) is 0.529. The van der Waals surface area contributed by atoms with Crippen molar-refractivity contribution in [3.05, 3.63) is 18.3 Å². The van der Waals surface area contributed by atoms with Crippen molar-refractivity contribution in [2.45, 2.75) is 45.6 Å². The van der Waals surface area contributed by atoms with E-state index in [4.69, 9.17) is 4.74 Å². The highest BCUT2D eigenvalue weighted by Gasteiger charge is 2.29. The predicted octanol–water partition coefficient (Wildman–Crippen LogP) is 1.49. The van der Waals surface area contributed by atoms with E-state index >= 15 is 0 Å². The number of pyridine rings is 1. The van der Waals surface area contributed by atoms with Gasteiger partial charge in [-0.2, -0.15) is 0 Å². The zero-order valence-electron chi connectivity index (χ0n) is 14.9. The van der Waals surface area contributed by atoms with E-state index in [1.807, 2.05) is 6.07 Å². The Morgan fingerprint density at radius 1 is 1.24 bits per heavy atom. The third-order valence-corrected chi connectivity index (χ3v) is 4.25. The Kier molecular flexibility index (Phi) is 4.75. The molecule has 0 radical (unpaired) electrons. The van der Waals surface area contributed by atoms with Gasteiger partial charge in [-0.25, -0.2) is 14.3 Å². The fourth-order valence-corrected chi connectivity index (χ4v) is 3.20. The number of carbonyl (C=O) groups excluding carboxylic acids is 1. The molecule has 1 fully saturated rings. The highest BCUT2D eigenvalue weighted by atomic mass is 16.6. The Labute approximate surface area is 147 Å². The normalized spacial score (nSPS) is 15.5. The minimum Gasteiger partial charge on any atom is -0.443 e. The Bertz CT molecular complexity index is 776. The maximum atomic E-state index is 12.6. The number of hydrogen-bond donors (Lipinski definition) is 2. The minimum absolute atomic E-state index is 0.0567. The minimum atomic E-state index is -1.80. The summed E-state index contributed by atoms with van der Waals surface area (Å²) < 4.78 is 6.57. The van der Waals surface area contributed by atoms with E-state index in [9.17, 15) is 14.8 Å². The van der Waals surface area contributed by atoms with Crippen molar-refractivity contribution in [3.8, 4) is 0 Å². The third-order valence-electron chi connectivity index (χ3n) is 4.25. The molecule has 8 heteroatoms. The second-order valence-electron chi connectivity index (χ2n) is 7.37. The van der Waals surface area contributed by atoms with Gasteiger partial charge < -0.3 is 19.7 Å². The van der Waals surface area contributed by atoms with Crippen LogP contribution in [0.25, 0.3) is 11.0 Å². The molecule has 1 saturated heterocycles. The first-order valence-corrected chi connectivity index (χ1v) is 8.63. The SMILES string of the molecule is CC(C)(C)OC(=O)n1c(B(O)O)cc2c(N3CCCCC3)ccnc21. The molecule has 2 aromatic heterocycles. The lowest BCUT2D eigenvalue weighted by atomic mass is 9.86. The lowest BCUT2D eigenvalue weighted by Crippen LogP contribution is -2.41. The highest BCUT2D eigenvalue weighted by molar-refractivity contribution is 6.59. The summed E-state index contributed by atoms with van der Waals surface area (Å²) in [5.41, 5.74) is 0.686. The van der Waals surface area contributed by atoms with Crippen molar-refractivity contribution in [1.29, 1.82) is 0 Å². The summed E-state index contributed by atoms with van der Waals surface area (Å²) in [6.45, 7) is 7.16. The van der Waals surface area contributed by atoms with Crippen molar-refractivity contribution < 1.29 is 19.6 Å². The van der Waals surface area contributed by atoms with E-state index in [1.165, 1.54) is 6.42 Å². The van der Waals surface area contributed by atoms with Crippen LogP contribution in [-0.4, -0.2) is 51.5 Å². The second kappa shape index (κ2) is 6.69. The molecule has 0 bridgehead atoms. The van der Waals surface area contributed by atoms with Crippen LogP contribution in [-0.2, 0) is 4.74 Å². The monoisotopic (exact) mass is 345 g/mol. The van der Waals surface area contributed by atoms with Gasteiger partial charge in [0.15, 0.2) is 5.65 Å². The molecule has 0 atom stereocenters. The lowest BCUT2D eigenvalue weighted by molar-refractivity contribution is 0.0547. The quantitative estimate of drug-likeness (QED) is 0.802. The Morgan fingerprint density at radius 3 is 2.52 bits per heavy atom. The van der Waals surface area contributed by atoms with Crippen LogP contribution >= 0.6 is 0 Å². The van der Waals surface area contributed by atoms with Gasteiger partial charge in [-0.1, -0.05) is 0 Å². The summed E-state index contributed by atoms with van der Waals surface area (Å²) in [5, 5.41) is 20.2. The predicted molar refractivity (Wildman–Crippen MR) is 97.3 cm³/mol. The molecular formula is C17H24BN3O4. The fourth-order valence-electron chi connectivity index (χ4n) is 3.20. The summed E-state index contributed by atoms with van der Waals surface area (Å²) in [4.78, 5) is 19.2. The van der Waals surface area contributed by atoms with Crippen LogP contribution in [0, 0.1) is 0 Å². The van der Waals surface area contributed by atoms with Crippen molar-refractivity contribution in [2.75, 3.05) is 18.0 Å². The topological polar surface area (TPSA) is 87.8 Å². The summed E-state index contributed by atoms with van der Waals surface area (Å²) >= 11 is 0. The van der Waals surface area contributed by atoms with Gasteiger partial charge in [0, 0.05) is 30.4 Å². The molecule has 3 heterocycles. The summed E-state index contributed by atoms with van der Waals surface area (Å²) in [6.07, 6.45) is 4.41. The number of hydrogen-bond acceptors (Lipinski definition) is 6. The molecule has 7 nitrogen and oxygen atoms in total. The second-order valence-corrected chi connectivity index (χ2v) is 7.37. The summed E-state index contributed by atoms with van der Waals surface area (Å²) in [7, 11) is -1.80. The van der Waals surface area contributed by atoms with Crippen molar-refractivity contribution >= 4 is 35.5 Å². The van der Waals surface area contributed by atoms with Crippen LogP contribution in [0.4, 0.5) is 10.5 Å². The molecule has 2 N–H and O–H groups in total. The number of carbonyl (C=O) groups is 1. The summed E-state index contributed by atoms with van der Waals surface area (Å²) in [5.74, 6) is 0. The molecule has 3 rings (SSSR count). The Morgan fingerprint density at radius 2 is 1.92 bits per heavy atom. The van der Waals surface area contributed by atoms with Crippen LogP contribution in [0.3, 0.4) is 0 Å². The Hall–Kier alpha value is -2.06. The van der Waals surface area contributed by atoms with Crippen LogP contribution in [0.15, 0.2) is 18.3 Å². The third kappa shape index (κ3) is 3.64. The van der Waals surface area contributed by atoms with Crippen molar-refractivity contribution in [1.82, 2.24) is 9.55 Å². The standard InChI is InChI=1S/C17H24BN3O4/c1-17(2,3)25-16(22)21-14(18(23)24)11-12-13(7-8-19-15(12)21)20-9-5-4-6-10-20/h7-8,11,23-24H,4-6,9-10H2,1-3H3. The van der Waals surface area contributed by atoms with Crippen molar-refractivity contribution in [2.24, 2.45) is 0 Å². The number of rotatable bonds is 2. The number of aromatic nitrogens is 2. The number of ether oxygens (including phenoxy) is 1. The van der Waals surface area contributed by atoms with E-state index in [0.717, 1.165) is 41.6 Å². The number of anilines is 1. The largest absolute Gasteiger partial charge is 0.506 e. The molecule has 1 aliphatic rings. The highest BCUT2D eigenvalue weighted by Crippen LogP contribution is 2.28. The number of fused-ring (bicyclic) bond motifs is 1. The van der Waals surface area contributed by atoms with Crippen LogP contribution in [0.2, 0.25) is 0 Å². The first-order chi connectivity index (χ1) is 11.8. The molecule has 1 aliphatic heterocycles. The van der Waals surface area contributed by atoms with Gasteiger partial charge in [0.25, 0.3) is 0 Å². The van der Waals surface area contributed by atoms with Crippen LogP contribution in [0.1, 0.15) is 40.0 Å². The number of piperidine rings is 1. The molecule has 0 aromatic carbocycles. The average Bonchev–Trinajstić information content (AvgIpc) is 2.94. The van der Waals surface area contributed by atoms with Crippen molar-refractivity contribution in [3.63, 3.8) is 0 Å². The maximum absolute atomic E-state index is 12.6. The molecule has 0 amide bonds. The van der Waals surface area contributed by atoms with E-state index in [-0.39, 0.29) is 5.59 Å². The molecule has 0 unspecified atom stereocenters. The van der Waals surface area contributed by atoms with Crippen LogP contribution in [0.5, 0.6) is 0 Å². The van der Waals surface area contributed by atoms with Gasteiger partial charge in [0.05, 0.1) is 5.59 Å². The maximum Gasteiger partial charge on any atom is 0.506 e. The van der Waals surface area contributed by atoms with Gasteiger partial charge in [-0.3, -0.25) is 0 Å². The molecule has 2 aromatic rings.